The monoisotopic (exact) mass is 588 g/mol. The molecule has 224 valence electrons. The molecule has 0 saturated carbocycles. The SMILES string of the molecule is CCCCCCCCOc1ccc(C=Nc2cccc(C(=O)Oc3ccc(N=Nc4ccc(C#N)cc4)cc3)c2C)c(O)c1. The summed E-state index contributed by atoms with van der Waals surface area (Å²) < 4.78 is 11.4. The molecular formula is C36H36N4O4. The highest BCUT2D eigenvalue weighted by atomic mass is 16.5. The Morgan fingerprint density at radius 3 is 2.20 bits per heavy atom. The summed E-state index contributed by atoms with van der Waals surface area (Å²) in [6, 6.07) is 25.9. The van der Waals surface area contributed by atoms with Crippen molar-refractivity contribution in [3.63, 3.8) is 0 Å². The average Bonchev–Trinajstić information content (AvgIpc) is 3.04. The smallest absolute Gasteiger partial charge is 0.343 e. The molecule has 0 aromatic heterocycles. The van der Waals surface area contributed by atoms with E-state index >= 15 is 0 Å². The number of rotatable bonds is 14. The first kappa shape index (κ1) is 31.6. The van der Waals surface area contributed by atoms with Crippen LogP contribution in [0, 0.1) is 18.3 Å². The average molecular weight is 589 g/mol. The normalized spacial score (nSPS) is 11.1. The third-order valence-electron chi connectivity index (χ3n) is 6.96. The molecule has 0 atom stereocenters. The molecule has 44 heavy (non-hydrogen) atoms. The van der Waals surface area contributed by atoms with Gasteiger partial charge < -0.3 is 14.6 Å². The van der Waals surface area contributed by atoms with Gasteiger partial charge in [-0.25, -0.2) is 4.79 Å². The van der Waals surface area contributed by atoms with Crippen molar-refractivity contribution in [3.8, 4) is 23.3 Å². The minimum atomic E-state index is -0.513. The van der Waals surface area contributed by atoms with Gasteiger partial charge in [-0.3, -0.25) is 4.99 Å². The van der Waals surface area contributed by atoms with E-state index in [2.05, 4.69) is 28.2 Å². The maximum atomic E-state index is 13.0. The Morgan fingerprint density at radius 1 is 0.864 bits per heavy atom. The Labute approximate surface area is 258 Å². The Bertz CT molecular complexity index is 1640. The topological polar surface area (TPSA) is 117 Å². The van der Waals surface area contributed by atoms with Gasteiger partial charge in [-0.15, -0.1) is 0 Å². The zero-order valence-corrected chi connectivity index (χ0v) is 25.1. The number of hydrogen-bond donors (Lipinski definition) is 1. The summed E-state index contributed by atoms with van der Waals surface area (Å²) in [7, 11) is 0. The number of carbonyl (C=O) groups is 1. The minimum absolute atomic E-state index is 0.0716. The highest BCUT2D eigenvalue weighted by Crippen LogP contribution is 2.27. The number of phenols is 1. The summed E-state index contributed by atoms with van der Waals surface area (Å²) >= 11 is 0. The molecule has 0 aliphatic rings. The molecule has 8 heteroatoms. The summed E-state index contributed by atoms with van der Waals surface area (Å²) in [6.45, 7) is 4.63. The quantitative estimate of drug-likeness (QED) is 0.0517. The number of phenolic OH excluding ortho intramolecular Hbond substituents is 1. The van der Waals surface area contributed by atoms with Crippen molar-refractivity contribution in [2.24, 2.45) is 15.2 Å². The maximum absolute atomic E-state index is 13.0. The van der Waals surface area contributed by atoms with E-state index in [9.17, 15) is 9.90 Å². The molecule has 0 amide bonds. The number of nitrogens with zero attached hydrogens (tertiary/aromatic N) is 4. The van der Waals surface area contributed by atoms with Crippen LogP contribution in [0.15, 0.2) is 100 Å². The highest BCUT2D eigenvalue weighted by Gasteiger charge is 2.14. The van der Waals surface area contributed by atoms with Crippen LogP contribution in [-0.2, 0) is 0 Å². The first-order chi connectivity index (χ1) is 21.5. The maximum Gasteiger partial charge on any atom is 0.343 e. The number of ether oxygens (including phenoxy) is 2. The van der Waals surface area contributed by atoms with Gasteiger partial charge in [0.1, 0.15) is 17.2 Å². The van der Waals surface area contributed by atoms with Crippen molar-refractivity contribution < 1.29 is 19.4 Å². The number of aliphatic imine (C=N–C) groups is 1. The number of hydrogen-bond acceptors (Lipinski definition) is 8. The Morgan fingerprint density at radius 2 is 1.52 bits per heavy atom. The van der Waals surface area contributed by atoms with Crippen LogP contribution in [0.25, 0.3) is 0 Å². The molecule has 0 saturated heterocycles. The number of esters is 1. The van der Waals surface area contributed by atoms with E-state index in [1.165, 1.54) is 25.7 Å². The fourth-order valence-corrected chi connectivity index (χ4v) is 4.38. The zero-order valence-electron chi connectivity index (χ0n) is 25.1. The molecule has 1 N–H and O–H groups in total. The molecule has 0 unspecified atom stereocenters. The Kier molecular flexibility index (Phi) is 11.8. The fraction of sp³-hybridized carbons (Fsp3) is 0.250. The lowest BCUT2D eigenvalue weighted by atomic mass is 10.1. The Hall–Kier alpha value is -5.29. The van der Waals surface area contributed by atoms with Gasteiger partial charge in [0.2, 0.25) is 0 Å². The van der Waals surface area contributed by atoms with Crippen LogP contribution in [-0.4, -0.2) is 23.9 Å². The summed E-state index contributed by atoms with van der Waals surface area (Å²) in [5.74, 6) is 0.546. The van der Waals surface area contributed by atoms with E-state index in [4.69, 9.17) is 14.7 Å². The van der Waals surface area contributed by atoms with Gasteiger partial charge in [-0.2, -0.15) is 15.5 Å². The first-order valence-electron chi connectivity index (χ1n) is 14.8. The molecule has 4 aromatic rings. The number of unbranched alkanes of at least 4 members (excludes halogenated alkanes) is 5. The second-order valence-corrected chi connectivity index (χ2v) is 10.3. The van der Waals surface area contributed by atoms with Crippen molar-refractivity contribution in [2.45, 2.75) is 52.4 Å². The van der Waals surface area contributed by atoms with Gasteiger partial charge in [0.25, 0.3) is 0 Å². The van der Waals surface area contributed by atoms with Gasteiger partial charge in [0.15, 0.2) is 0 Å². The van der Waals surface area contributed by atoms with Gasteiger partial charge in [0, 0.05) is 17.8 Å². The molecule has 0 aliphatic heterocycles. The molecule has 0 heterocycles. The highest BCUT2D eigenvalue weighted by molar-refractivity contribution is 5.94. The van der Waals surface area contributed by atoms with Gasteiger partial charge in [0.05, 0.1) is 40.9 Å². The molecule has 0 fully saturated rings. The van der Waals surface area contributed by atoms with Crippen LogP contribution in [0.5, 0.6) is 17.2 Å². The van der Waals surface area contributed by atoms with Crippen molar-refractivity contribution in [1.82, 2.24) is 0 Å². The van der Waals surface area contributed by atoms with Crippen LogP contribution < -0.4 is 9.47 Å². The molecule has 4 aromatic carbocycles. The molecule has 0 radical (unpaired) electrons. The number of carbonyl (C=O) groups excluding carboxylic acids is 1. The van der Waals surface area contributed by atoms with Crippen molar-refractivity contribution in [2.75, 3.05) is 6.61 Å². The third kappa shape index (κ3) is 9.36. The van der Waals surface area contributed by atoms with Crippen LogP contribution in [0.1, 0.15) is 72.5 Å². The van der Waals surface area contributed by atoms with E-state index in [0.717, 1.165) is 12.8 Å². The van der Waals surface area contributed by atoms with Crippen LogP contribution in [0.3, 0.4) is 0 Å². The van der Waals surface area contributed by atoms with Crippen LogP contribution in [0.4, 0.5) is 17.1 Å². The lowest BCUT2D eigenvalue weighted by Crippen LogP contribution is -2.10. The molecule has 0 spiro atoms. The number of nitriles is 1. The van der Waals surface area contributed by atoms with E-state index in [1.807, 2.05) is 6.07 Å². The van der Waals surface area contributed by atoms with Gasteiger partial charge >= 0.3 is 5.97 Å². The molecule has 4 rings (SSSR count). The molecule has 8 nitrogen and oxygen atoms in total. The van der Waals surface area contributed by atoms with Crippen molar-refractivity contribution in [1.29, 1.82) is 5.26 Å². The molecule has 0 aliphatic carbocycles. The summed E-state index contributed by atoms with van der Waals surface area (Å²) in [5, 5.41) is 27.7. The summed E-state index contributed by atoms with van der Waals surface area (Å²) in [6.07, 6.45) is 8.69. The van der Waals surface area contributed by atoms with E-state index in [-0.39, 0.29) is 5.75 Å². The van der Waals surface area contributed by atoms with E-state index in [0.29, 0.717) is 57.4 Å². The second-order valence-electron chi connectivity index (χ2n) is 10.3. The Balaban J connectivity index is 1.33. The van der Waals surface area contributed by atoms with E-state index < -0.39 is 5.97 Å². The van der Waals surface area contributed by atoms with Crippen molar-refractivity contribution >= 4 is 29.2 Å². The van der Waals surface area contributed by atoms with Crippen LogP contribution in [0.2, 0.25) is 0 Å². The lowest BCUT2D eigenvalue weighted by Gasteiger charge is -2.09. The number of aromatic hydroxyl groups is 1. The standard InChI is InChI=1S/C36H36N4O4/c1-3-4-5-6-7-8-22-43-32-19-14-28(35(41)23-32)25-38-34-11-9-10-33(26(34)2)36(42)44-31-20-17-30(18-21-31)40-39-29-15-12-27(24-37)13-16-29/h9-21,23,25,41H,3-8,22H2,1-2H3. The lowest BCUT2D eigenvalue weighted by molar-refractivity contribution is 0.0734. The van der Waals surface area contributed by atoms with E-state index in [1.54, 1.807) is 92.0 Å². The van der Waals surface area contributed by atoms with Crippen molar-refractivity contribution in [3.05, 3.63) is 107 Å². The van der Waals surface area contributed by atoms with Gasteiger partial charge in [-0.05, 0) is 91.7 Å². The predicted octanol–water partition coefficient (Wildman–Crippen LogP) is 9.70. The fourth-order valence-electron chi connectivity index (χ4n) is 4.38. The zero-order chi connectivity index (χ0) is 31.1. The third-order valence-corrected chi connectivity index (χ3v) is 6.96. The first-order valence-corrected chi connectivity index (χ1v) is 14.8. The minimum Gasteiger partial charge on any atom is -0.507 e. The predicted molar refractivity (Wildman–Crippen MR) is 172 cm³/mol. The van der Waals surface area contributed by atoms with Crippen LogP contribution >= 0.6 is 0 Å². The summed E-state index contributed by atoms with van der Waals surface area (Å²) in [4.78, 5) is 17.5. The molecule has 0 bridgehead atoms. The summed E-state index contributed by atoms with van der Waals surface area (Å²) in [5.41, 5.74) is 3.92. The number of azo groups is 1. The molecular weight excluding hydrogens is 552 g/mol. The van der Waals surface area contributed by atoms with Gasteiger partial charge in [-0.1, -0.05) is 45.1 Å². The second kappa shape index (κ2) is 16.4. The number of benzene rings is 4. The largest absolute Gasteiger partial charge is 0.507 e.